The summed E-state index contributed by atoms with van der Waals surface area (Å²) in [6.45, 7) is 8.18. The van der Waals surface area contributed by atoms with Crippen LogP contribution < -0.4 is 4.46 Å². The van der Waals surface area contributed by atoms with Crippen molar-refractivity contribution in [2.75, 3.05) is 6.54 Å². The van der Waals surface area contributed by atoms with Crippen LogP contribution in [-0.2, 0) is 4.74 Å². The molecule has 1 fully saturated rings. The summed E-state index contributed by atoms with van der Waals surface area (Å²) in [5.74, 6) is 0. The van der Waals surface area contributed by atoms with Crippen LogP contribution >= 0.6 is 0 Å². The van der Waals surface area contributed by atoms with Crippen LogP contribution in [0, 0.1) is 11.3 Å². The molecular weight excluding hydrogens is 419 g/mol. The zero-order chi connectivity index (χ0) is 20.8. The third-order valence-electron chi connectivity index (χ3n) is 4.75. The van der Waals surface area contributed by atoms with E-state index >= 15 is 0 Å². The quantitative estimate of drug-likeness (QED) is 0.671. The molecule has 3 unspecified atom stereocenters. The van der Waals surface area contributed by atoms with E-state index in [0.717, 1.165) is 23.7 Å². The van der Waals surface area contributed by atoms with Crippen LogP contribution in [0.2, 0.25) is 4.31 Å². The molecule has 1 aromatic carbocycles. The van der Waals surface area contributed by atoms with Crippen LogP contribution in [-0.4, -0.2) is 55.3 Å². The summed E-state index contributed by atoms with van der Waals surface area (Å²) in [6, 6.07) is 12.4. The fourth-order valence-electron chi connectivity index (χ4n) is 3.51. The van der Waals surface area contributed by atoms with Crippen LogP contribution in [0.5, 0.6) is 0 Å². The summed E-state index contributed by atoms with van der Waals surface area (Å²) >= 11 is -0.0542. The number of likely N-dealkylation sites (tertiary alicyclic amines) is 1. The normalized spacial score (nSPS) is 20.7. The van der Waals surface area contributed by atoms with Crippen molar-refractivity contribution in [2.45, 2.75) is 81.9 Å². The maximum atomic E-state index is 12.6. The number of ether oxygens (including phenoxy) is 1. The zero-order valence-corrected chi connectivity index (χ0v) is 19.1. The molecular formula is C22H32N2O3Se. The number of benzene rings is 1. The molecule has 5 nitrogen and oxygen atoms in total. The van der Waals surface area contributed by atoms with Gasteiger partial charge in [0.25, 0.3) is 0 Å². The second-order valence-corrected chi connectivity index (χ2v) is 12.0. The number of hydrogen-bond acceptors (Lipinski definition) is 4. The molecule has 0 bridgehead atoms. The van der Waals surface area contributed by atoms with Crippen LogP contribution in [0.4, 0.5) is 4.79 Å². The molecule has 1 N–H and O–H groups in total. The molecule has 0 saturated carbocycles. The first-order valence-electron chi connectivity index (χ1n) is 9.95. The van der Waals surface area contributed by atoms with Gasteiger partial charge in [-0.25, -0.2) is 0 Å². The third-order valence-corrected chi connectivity index (χ3v) is 7.30. The predicted octanol–water partition coefficient (Wildman–Crippen LogP) is 3.65. The predicted molar refractivity (Wildman–Crippen MR) is 112 cm³/mol. The number of rotatable bonds is 6. The summed E-state index contributed by atoms with van der Waals surface area (Å²) in [4.78, 5) is 14.3. The maximum absolute atomic E-state index is 12.6. The number of carbonyl (C=O) groups is 1. The van der Waals surface area contributed by atoms with Crippen molar-refractivity contribution in [3.05, 3.63) is 30.3 Å². The van der Waals surface area contributed by atoms with Crippen LogP contribution in [0.1, 0.15) is 59.8 Å². The molecule has 1 saturated heterocycles. The SMILES string of the molecule is CC(C)(C)OC(=O)N1CCCCC1CC(O)CC(C)(C#N)[Se]c1ccccc1. The minimum atomic E-state index is -0.622. The van der Waals surface area contributed by atoms with Gasteiger partial charge in [0.05, 0.1) is 0 Å². The number of piperidine rings is 1. The van der Waals surface area contributed by atoms with E-state index in [1.54, 1.807) is 4.90 Å². The molecule has 1 amide bonds. The van der Waals surface area contributed by atoms with Crippen LogP contribution in [0.3, 0.4) is 0 Å². The standard InChI is InChI=1S/C22H32N2O3Se/c1-21(2,3)27-20(26)24-13-9-8-10-17(24)14-18(25)15-22(4,16-23)28-19-11-6-5-7-12-19/h5-7,11-12,17-18,25H,8-10,13-15H2,1-4H3. The molecule has 28 heavy (non-hydrogen) atoms. The van der Waals surface area contributed by atoms with Gasteiger partial charge in [-0.3, -0.25) is 0 Å². The molecule has 1 aliphatic rings. The Labute approximate surface area is 175 Å². The van der Waals surface area contributed by atoms with E-state index < -0.39 is 16.0 Å². The molecule has 2 rings (SSSR count). The van der Waals surface area contributed by atoms with Crippen LogP contribution in [0.25, 0.3) is 0 Å². The van der Waals surface area contributed by atoms with Gasteiger partial charge in [0.2, 0.25) is 0 Å². The fourth-order valence-corrected chi connectivity index (χ4v) is 5.89. The Morgan fingerprint density at radius 1 is 1.32 bits per heavy atom. The molecule has 154 valence electrons. The summed E-state index contributed by atoms with van der Waals surface area (Å²) in [5, 5.41) is 20.5. The van der Waals surface area contributed by atoms with E-state index in [4.69, 9.17) is 4.74 Å². The number of carbonyl (C=O) groups excluding carboxylic acids is 1. The van der Waals surface area contributed by atoms with Crippen molar-refractivity contribution >= 4 is 25.5 Å². The Balaban J connectivity index is 1.99. The summed E-state index contributed by atoms with van der Waals surface area (Å²) in [5.41, 5.74) is -0.532. The Morgan fingerprint density at radius 3 is 2.61 bits per heavy atom. The molecule has 1 heterocycles. The molecule has 0 spiro atoms. The van der Waals surface area contributed by atoms with Crippen molar-refractivity contribution in [2.24, 2.45) is 0 Å². The van der Waals surface area contributed by atoms with Crippen molar-refractivity contribution in [1.29, 1.82) is 5.26 Å². The first-order valence-corrected chi connectivity index (χ1v) is 11.7. The van der Waals surface area contributed by atoms with Crippen LogP contribution in [0.15, 0.2) is 30.3 Å². The molecule has 1 aromatic rings. The second kappa shape index (κ2) is 9.78. The molecule has 1 aliphatic heterocycles. The number of aliphatic hydroxyl groups excluding tert-OH is 1. The van der Waals surface area contributed by atoms with Crippen molar-refractivity contribution in [1.82, 2.24) is 4.90 Å². The summed E-state index contributed by atoms with van der Waals surface area (Å²) in [6.07, 6.45) is 2.84. The topological polar surface area (TPSA) is 73.6 Å². The molecule has 0 aliphatic carbocycles. The Kier molecular flexibility index (Phi) is 7.95. The number of nitriles is 1. The van der Waals surface area contributed by atoms with E-state index in [2.05, 4.69) is 6.07 Å². The van der Waals surface area contributed by atoms with Crippen molar-refractivity contribution in [3.63, 3.8) is 0 Å². The van der Waals surface area contributed by atoms with Gasteiger partial charge >= 0.3 is 175 Å². The third kappa shape index (κ3) is 7.13. The van der Waals surface area contributed by atoms with Gasteiger partial charge in [-0.1, -0.05) is 0 Å². The number of nitrogens with zero attached hydrogens (tertiary/aromatic N) is 2. The van der Waals surface area contributed by atoms with E-state index in [0.29, 0.717) is 19.4 Å². The van der Waals surface area contributed by atoms with Gasteiger partial charge in [0.15, 0.2) is 0 Å². The Bertz CT molecular complexity index is 683. The second-order valence-electron chi connectivity index (χ2n) is 8.67. The van der Waals surface area contributed by atoms with Gasteiger partial charge in [-0.2, -0.15) is 0 Å². The van der Waals surface area contributed by atoms with E-state index in [-0.39, 0.29) is 27.1 Å². The van der Waals surface area contributed by atoms with Gasteiger partial charge in [-0.15, -0.1) is 0 Å². The average molecular weight is 451 g/mol. The molecule has 0 aromatic heterocycles. The van der Waals surface area contributed by atoms with Crippen molar-refractivity contribution in [3.8, 4) is 6.07 Å². The first kappa shape index (κ1) is 22.7. The Hall–Kier alpha value is -1.54. The van der Waals surface area contributed by atoms with Crippen molar-refractivity contribution < 1.29 is 14.6 Å². The van der Waals surface area contributed by atoms with Gasteiger partial charge in [-0.05, 0) is 0 Å². The summed E-state index contributed by atoms with van der Waals surface area (Å²) < 4.78 is 6.11. The molecule has 6 heteroatoms. The average Bonchev–Trinajstić information content (AvgIpc) is 2.61. The van der Waals surface area contributed by atoms with Gasteiger partial charge in [0, 0.05) is 0 Å². The minimum absolute atomic E-state index is 0.0363. The number of hydrogen-bond donors (Lipinski definition) is 1. The monoisotopic (exact) mass is 452 g/mol. The fraction of sp³-hybridized carbons (Fsp3) is 0.636. The zero-order valence-electron chi connectivity index (χ0n) is 17.4. The van der Waals surface area contributed by atoms with E-state index in [1.807, 2.05) is 58.0 Å². The van der Waals surface area contributed by atoms with E-state index in [9.17, 15) is 15.2 Å². The first-order chi connectivity index (χ1) is 13.1. The van der Waals surface area contributed by atoms with E-state index in [1.165, 1.54) is 0 Å². The number of amides is 1. The van der Waals surface area contributed by atoms with Gasteiger partial charge in [0.1, 0.15) is 0 Å². The number of aliphatic hydroxyl groups is 1. The molecule has 0 radical (unpaired) electrons. The Morgan fingerprint density at radius 2 is 2.00 bits per heavy atom. The van der Waals surface area contributed by atoms with Gasteiger partial charge < -0.3 is 0 Å². The molecule has 3 atom stereocenters. The summed E-state index contributed by atoms with van der Waals surface area (Å²) in [7, 11) is 0.